The highest BCUT2D eigenvalue weighted by atomic mass is 32.1. The average Bonchev–Trinajstić information content (AvgIpc) is 3.06. The lowest BCUT2D eigenvalue weighted by molar-refractivity contribution is -0.115. The average molecular weight is 353 g/mol. The molecule has 1 amide bonds. The van der Waals surface area contributed by atoms with E-state index in [0.29, 0.717) is 11.7 Å². The molecule has 0 aliphatic carbocycles. The number of hydrogen-bond acceptors (Lipinski definition) is 5. The third-order valence-corrected chi connectivity index (χ3v) is 4.31. The number of aryl methyl sites for hydroxylation is 1. The predicted molar refractivity (Wildman–Crippen MR) is 100 cm³/mol. The molecule has 128 valence electrons. The molecule has 0 fully saturated rings. The fourth-order valence-corrected chi connectivity index (χ4v) is 3.09. The van der Waals surface area contributed by atoms with E-state index in [1.165, 1.54) is 11.3 Å². The summed E-state index contributed by atoms with van der Waals surface area (Å²) < 4.78 is 5.64. The van der Waals surface area contributed by atoms with E-state index in [-0.39, 0.29) is 12.3 Å². The standard InChI is InChI=1S/C19H19N3O2S/c1-3-24-17-7-5-4-6-15(17)16-12-25-19(21-16)22-18(23)10-14-9-8-13(2)20-11-14/h4-9,11-12H,3,10H2,1-2H3,(H,21,22,23). The topological polar surface area (TPSA) is 64.1 Å². The lowest BCUT2D eigenvalue weighted by atomic mass is 10.1. The Kier molecular flexibility index (Phi) is 5.40. The van der Waals surface area contributed by atoms with Gasteiger partial charge in [0, 0.05) is 22.8 Å². The minimum absolute atomic E-state index is 0.107. The van der Waals surface area contributed by atoms with Crippen molar-refractivity contribution >= 4 is 22.4 Å². The lowest BCUT2D eigenvalue weighted by Gasteiger charge is -2.07. The van der Waals surface area contributed by atoms with Gasteiger partial charge in [0.2, 0.25) is 5.91 Å². The predicted octanol–water partition coefficient (Wildman–Crippen LogP) is 4.09. The van der Waals surface area contributed by atoms with Crippen molar-refractivity contribution in [1.82, 2.24) is 9.97 Å². The quantitative estimate of drug-likeness (QED) is 0.725. The Hall–Kier alpha value is -2.73. The van der Waals surface area contributed by atoms with Crippen LogP contribution < -0.4 is 10.1 Å². The second-order valence-electron chi connectivity index (χ2n) is 5.50. The fraction of sp³-hybridized carbons (Fsp3) is 0.211. The van der Waals surface area contributed by atoms with E-state index in [0.717, 1.165) is 28.3 Å². The van der Waals surface area contributed by atoms with Crippen molar-refractivity contribution in [3.05, 3.63) is 59.2 Å². The van der Waals surface area contributed by atoms with Crippen LogP contribution in [-0.4, -0.2) is 22.5 Å². The van der Waals surface area contributed by atoms with E-state index < -0.39 is 0 Å². The molecule has 0 atom stereocenters. The maximum Gasteiger partial charge on any atom is 0.230 e. The van der Waals surface area contributed by atoms with E-state index in [4.69, 9.17) is 4.74 Å². The number of anilines is 1. The number of rotatable bonds is 6. The first-order chi connectivity index (χ1) is 12.2. The Bertz CT molecular complexity index is 859. The summed E-state index contributed by atoms with van der Waals surface area (Å²) in [6.45, 7) is 4.46. The summed E-state index contributed by atoms with van der Waals surface area (Å²) >= 11 is 1.40. The van der Waals surface area contributed by atoms with Crippen molar-refractivity contribution < 1.29 is 9.53 Å². The molecule has 0 aliphatic heterocycles. The number of carbonyl (C=O) groups is 1. The Morgan fingerprint density at radius 2 is 2.08 bits per heavy atom. The van der Waals surface area contributed by atoms with Gasteiger partial charge >= 0.3 is 0 Å². The van der Waals surface area contributed by atoms with Crippen LogP contribution >= 0.6 is 11.3 Å². The van der Waals surface area contributed by atoms with E-state index in [1.807, 2.05) is 55.6 Å². The van der Waals surface area contributed by atoms with Gasteiger partial charge in [-0.05, 0) is 37.6 Å². The molecule has 1 N–H and O–H groups in total. The van der Waals surface area contributed by atoms with Crippen LogP contribution in [0.1, 0.15) is 18.2 Å². The molecule has 1 aromatic carbocycles. The smallest absolute Gasteiger partial charge is 0.230 e. The maximum absolute atomic E-state index is 12.2. The number of amides is 1. The number of thiazole rings is 1. The van der Waals surface area contributed by atoms with E-state index in [1.54, 1.807) is 6.20 Å². The minimum atomic E-state index is -0.107. The molecule has 3 aromatic rings. The van der Waals surface area contributed by atoms with Gasteiger partial charge in [0.05, 0.1) is 18.7 Å². The largest absolute Gasteiger partial charge is 0.493 e. The second-order valence-corrected chi connectivity index (χ2v) is 6.36. The molecule has 0 spiro atoms. The van der Waals surface area contributed by atoms with Crippen LogP contribution in [0.15, 0.2) is 48.0 Å². The first-order valence-electron chi connectivity index (χ1n) is 8.05. The zero-order valence-electron chi connectivity index (χ0n) is 14.2. The highest BCUT2D eigenvalue weighted by molar-refractivity contribution is 7.14. The number of carbonyl (C=O) groups excluding carboxylic acids is 1. The van der Waals surface area contributed by atoms with Crippen LogP contribution in [0.5, 0.6) is 5.75 Å². The number of ether oxygens (including phenoxy) is 1. The van der Waals surface area contributed by atoms with Crippen LogP contribution in [0.4, 0.5) is 5.13 Å². The molecule has 2 heterocycles. The zero-order valence-corrected chi connectivity index (χ0v) is 15.0. The molecular weight excluding hydrogens is 334 g/mol. The molecular formula is C19H19N3O2S. The number of pyridine rings is 1. The summed E-state index contributed by atoms with van der Waals surface area (Å²) in [6.07, 6.45) is 2.00. The van der Waals surface area contributed by atoms with Crippen molar-refractivity contribution in [2.45, 2.75) is 20.3 Å². The minimum Gasteiger partial charge on any atom is -0.493 e. The van der Waals surface area contributed by atoms with Gasteiger partial charge in [-0.1, -0.05) is 18.2 Å². The monoisotopic (exact) mass is 353 g/mol. The van der Waals surface area contributed by atoms with Crippen molar-refractivity contribution in [2.75, 3.05) is 11.9 Å². The Morgan fingerprint density at radius 1 is 1.24 bits per heavy atom. The molecule has 0 radical (unpaired) electrons. The molecule has 25 heavy (non-hydrogen) atoms. The van der Waals surface area contributed by atoms with Crippen molar-refractivity contribution in [1.29, 1.82) is 0 Å². The number of nitrogens with one attached hydrogen (secondary N) is 1. The summed E-state index contributed by atoms with van der Waals surface area (Å²) in [4.78, 5) is 20.9. The van der Waals surface area contributed by atoms with E-state index >= 15 is 0 Å². The number of benzene rings is 1. The Morgan fingerprint density at radius 3 is 2.84 bits per heavy atom. The van der Waals surface area contributed by atoms with Crippen LogP contribution in [-0.2, 0) is 11.2 Å². The summed E-state index contributed by atoms with van der Waals surface area (Å²) in [7, 11) is 0. The van der Waals surface area contributed by atoms with E-state index in [2.05, 4.69) is 15.3 Å². The maximum atomic E-state index is 12.2. The molecule has 0 saturated heterocycles. The fourth-order valence-electron chi connectivity index (χ4n) is 2.37. The lowest BCUT2D eigenvalue weighted by Crippen LogP contribution is -2.14. The van der Waals surface area contributed by atoms with Gasteiger partial charge in [-0.3, -0.25) is 9.78 Å². The van der Waals surface area contributed by atoms with Crippen molar-refractivity contribution in [2.24, 2.45) is 0 Å². The van der Waals surface area contributed by atoms with Crippen LogP contribution in [0.2, 0.25) is 0 Å². The third kappa shape index (κ3) is 4.42. The molecule has 0 bridgehead atoms. The second kappa shape index (κ2) is 7.90. The Balaban J connectivity index is 1.69. The zero-order chi connectivity index (χ0) is 17.6. The van der Waals surface area contributed by atoms with Crippen LogP contribution in [0, 0.1) is 6.92 Å². The number of hydrogen-bond donors (Lipinski definition) is 1. The molecule has 6 heteroatoms. The molecule has 0 unspecified atom stereocenters. The first-order valence-corrected chi connectivity index (χ1v) is 8.93. The number of aromatic nitrogens is 2. The SMILES string of the molecule is CCOc1ccccc1-c1csc(NC(=O)Cc2ccc(C)nc2)n1. The van der Waals surface area contributed by atoms with Gasteiger partial charge in [0.15, 0.2) is 5.13 Å². The van der Waals surface area contributed by atoms with Crippen molar-refractivity contribution in [3.63, 3.8) is 0 Å². The third-order valence-electron chi connectivity index (χ3n) is 3.55. The summed E-state index contributed by atoms with van der Waals surface area (Å²) in [5, 5.41) is 5.34. The molecule has 0 aliphatic rings. The van der Waals surface area contributed by atoms with Gasteiger partial charge in [0.25, 0.3) is 0 Å². The molecule has 3 rings (SSSR count). The van der Waals surface area contributed by atoms with Crippen LogP contribution in [0.3, 0.4) is 0 Å². The number of para-hydroxylation sites is 1. The van der Waals surface area contributed by atoms with Gasteiger partial charge in [-0.15, -0.1) is 11.3 Å². The summed E-state index contributed by atoms with van der Waals surface area (Å²) in [6, 6.07) is 11.6. The normalized spacial score (nSPS) is 10.5. The van der Waals surface area contributed by atoms with Crippen molar-refractivity contribution in [3.8, 4) is 17.0 Å². The first kappa shape index (κ1) is 17.1. The van der Waals surface area contributed by atoms with Gasteiger partial charge in [-0.2, -0.15) is 0 Å². The van der Waals surface area contributed by atoms with Gasteiger partial charge in [-0.25, -0.2) is 4.98 Å². The summed E-state index contributed by atoms with van der Waals surface area (Å²) in [5.41, 5.74) is 3.52. The molecule has 0 saturated carbocycles. The van der Waals surface area contributed by atoms with Crippen LogP contribution in [0.25, 0.3) is 11.3 Å². The van der Waals surface area contributed by atoms with E-state index in [9.17, 15) is 4.79 Å². The molecule has 2 aromatic heterocycles. The number of nitrogens with zero attached hydrogens (tertiary/aromatic N) is 2. The highest BCUT2D eigenvalue weighted by Gasteiger charge is 2.12. The Labute approximate surface area is 150 Å². The van der Waals surface area contributed by atoms with Gasteiger partial charge < -0.3 is 10.1 Å². The summed E-state index contributed by atoms with van der Waals surface area (Å²) in [5.74, 6) is 0.684. The molecule has 5 nitrogen and oxygen atoms in total. The highest BCUT2D eigenvalue weighted by Crippen LogP contribution is 2.32. The van der Waals surface area contributed by atoms with Gasteiger partial charge in [0.1, 0.15) is 5.75 Å².